The number of aliphatic hydroxyl groups is 1. The largest absolute Gasteiger partial charge is 0.392 e. The number of benzene rings is 3. The van der Waals surface area contributed by atoms with Crippen LogP contribution in [0.5, 0.6) is 0 Å². The lowest BCUT2D eigenvalue weighted by Gasteiger charge is -2.25. The first-order valence-corrected chi connectivity index (χ1v) is 10.2. The average molecular weight is 396 g/mol. The molecule has 5 rings (SSSR count). The van der Waals surface area contributed by atoms with E-state index < -0.39 is 0 Å². The molecule has 0 aliphatic carbocycles. The molecule has 3 aromatic carbocycles. The Balaban J connectivity index is 1.53. The summed E-state index contributed by atoms with van der Waals surface area (Å²) in [4.78, 5) is 11.7. The van der Waals surface area contributed by atoms with Gasteiger partial charge in [0.25, 0.3) is 0 Å². The van der Waals surface area contributed by atoms with E-state index in [1.807, 2.05) is 48.7 Å². The molecule has 0 amide bonds. The average Bonchev–Trinajstić information content (AvgIpc) is 2.78. The predicted molar refractivity (Wildman–Crippen MR) is 121 cm³/mol. The number of hydrogen-bond acceptors (Lipinski definition) is 5. The number of nitrogens with zero attached hydrogens (tertiary/aromatic N) is 3. The third kappa shape index (κ3) is 3.54. The van der Waals surface area contributed by atoms with Gasteiger partial charge in [-0.1, -0.05) is 48.5 Å². The van der Waals surface area contributed by atoms with Crippen LogP contribution in [-0.2, 0) is 19.6 Å². The molecule has 0 saturated carbocycles. The minimum absolute atomic E-state index is 0.00762. The molecule has 0 saturated heterocycles. The molecule has 0 atom stereocenters. The standard InChI is InChI=1S/C25H24N4O/c1-29-12-11-17-9-10-21(13-20(17)15-29)27-25-26-14-18-6-4-8-23(24(18)28-25)22-7-3-2-5-19(22)16-30/h2-10,13-14,30H,11-12,15-16H2,1H3,(H,26,27,28). The Morgan fingerprint density at radius 2 is 1.87 bits per heavy atom. The third-order valence-corrected chi connectivity index (χ3v) is 5.75. The first-order chi connectivity index (χ1) is 14.7. The lowest BCUT2D eigenvalue weighted by Crippen LogP contribution is -2.26. The van der Waals surface area contributed by atoms with Gasteiger partial charge in [0.15, 0.2) is 0 Å². The highest BCUT2D eigenvalue weighted by Gasteiger charge is 2.14. The number of nitrogens with one attached hydrogen (secondary N) is 1. The molecule has 0 bridgehead atoms. The number of anilines is 2. The molecular formula is C25H24N4O. The van der Waals surface area contributed by atoms with Gasteiger partial charge in [-0.2, -0.15) is 0 Å². The molecule has 5 heteroatoms. The SMILES string of the molecule is CN1CCc2ccc(Nc3ncc4cccc(-c5ccccc5CO)c4n3)cc2C1. The van der Waals surface area contributed by atoms with Gasteiger partial charge in [0.2, 0.25) is 5.95 Å². The summed E-state index contributed by atoms with van der Waals surface area (Å²) >= 11 is 0. The second-order valence-corrected chi connectivity index (χ2v) is 7.85. The molecule has 5 nitrogen and oxygen atoms in total. The van der Waals surface area contributed by atoms with Crippen LogP contribution in [0.4, 0.5) is 11.6 Å². The Bertz CT molecular complexity index is 1220. The number of para-hydroxylation sites is 1. The van der Waals surface area contributed by atoms with Crippen LogP contribution in [0.15, 0.2) is 66.9 Å². The van der Waals surface area contributed by atoms with E-state index in [0.717, 1.165) is 52.8 Å². The number of fused-ring (bicyclic) bond motifs is 2. The van der Waals surface area contributed by atoms with Crippen LogP contribution in [0.1, 0.15) is 16.7 Å². The van der Waals surface area contributed by atoms with Crippen LogP contribution in [0.25, 0.3) is 22.0 Å². The van der Waals surface area contributed by atoms with E-state index in [1.54, 1.807) is 0 Å². The smallest absolute Gasteiger partial charge is 0.227 e. The molecule has 0 spiro atoms. The van der Waals surface area contributed by atoms with Gasteiger partial charge in [0.1, 0.15) is 0 Å². The van der Waals surface area contributed by atoms with Gasteiger partial charge in [-0.15, -0.1) is 0 Å². The van der Waals surface area contributed by atoms with E-state index in [-0.39, 0.29) is 6.61 Å². The first-order valence-electron chi connectivity index (χ1n) is 10.2. The normalized spacial score (nSPS) is 13.9. The molecule has 4 aromatic rings. The van der Waals surface area contributed by atoms with Gasteiger partial charge in [-0.3, -0.25) is 0 Å². The van der Waals surface area contributed by atoms with E-state index in [9.17, 15) is 5.11 Å². The Morgan fingerprint density at radius 3 is 2.77 bits per heavy atom. The zero-order chi connectivity index (χ0) is 20.5. The molecule has 1 aliphatic rings. The van der Waals surface area contributed by atoms with Gasteiger partial charge >= 0.3 is 0 Å². The Hall–Kier alpha value is -3.28. The van der Waals surface area contributed by atoms with Crippen molar-refractivity contribution in [2.24, 2.45) is 0 Å². The highest BCUT2D eigenvalue weighted by molar-refractivity contribution is 5.94. The molecule has 2 N–H and O–H groups in total. The fourth-order valence-corrected chi connectivity index (χ4v) is 4.16. The molecular weight excluding hydrogens is 372 g/mol. The minimum atomic E-state index is -0.00762. The van der Waals surface area contributed by atoms with Crippen molar-refractivity contribution < 1.29 is 5.11 Å². The Labute approximate surface area is 176 Å². The summed E-state index contributed by atoms with van der Waals surface area (Å²) in [6.45, 7) is 2.06. The minimum Gasteiger partial charge on any atom is -0.392 e. The zero-order valence-corrected chi connectivity index (χ0v) is 17.0. The molecule has 2 heterocycles. The Morgan fingerprint density at radius 1 is 1.00 bits per heavy atom. The summed E-state index contributed by atoms with van der Waals surface area (Å²) in [6.07, 6.45) is 2.94. The van der Waals surface area contributed by atoms with Crippen molar-refractivity contribution in [3.8, 4) is 11.1 Å². The molecule has 150 valence electrons. The lowest BCUT2D eigenvalue weighted by molar-refractivity contribution is 0.282. The molecule has 0 radical (unpaired) electrons. The first kappa shape index (κ1) is 18.7. The maximum atomic E-state index is 9.77. The fourth-order valence-electron chi connectivity index (χ4n) is 4.16. The quantitative estimate of drug-likeness (QED) is 0.531. The molecule has 0 unspecified atom stereocenters. The van der Waals surface area contributed by atoms with Gasteiger partial charge in [-0.25, -0.2) is 9.97 Å². The monoisotopic (exact) mass is 396 g/mol. The van der Waals surface area contributed by atoms with Crippen molar-refractivity contribution in [3.05, 3.63) is 83.6 Å². The van der Waals surface area contributed by atoms with Gasteiger partial charge in [0.05, 0.1) is 12.1 Å². The van der Waals surface area contributed by atoms with Crippen molar-refractivity contribution in [2.75, 3.05) is 18.9 Å². The van der Waals surface area contributed by atoms with Crippen LogP contribution in [0.3, 0.4) is 0 Å². The summed E-state index contributed by atoms with van der Waals surface area (Å²) in [5.41, 5.74) is 7.51. The second-order valence-electron chi connectivity index (χ2n) is 7.85. The van der Waals surface area contributed by atoms with Gasteiger partial charge in [0, 0.05) is 35.9 Å². The van der Waals surface area contributed by atoms with Crippen molar-refractivity contribution in [2.45, 2.75) is 19.6 Å². The summed E-state index contributed by atoms with van der Waals surface area (Å²) in [7, 11) is 2.15. The number of aliphatic hydroxyl groups excluding tert-OH is 1. The topological polar surface area (TPSA) is 61.3 Å². The number of rotatable bonds is 4. The van der Waals surface area contributed by atoms with Gasteiger partial charge in [-0.05, 0) is 47.9 Å². The summed E-state index contributed by atoms with van der Waals surface area (Å²) < 4.78 is 0. The van der Waals surface area contributed by atoms with E-state index >= 15 is 0 Å². The lowest BCUT2D eigenvalue weighted by atomic mass is 9.98. The molecule has 1 aliphatic heterocycles. The highest BCUT2D eigenvalue weighted by Crippen LogP contribution is 2.31. The van der Waals surface area contributed by atoms with Crippen molar-refractivity contribution in [3.63, 3.8) is 0 Å². The van der Waals surface area contributed by atoms with E-state index in [1.165, 1.54) is 11.1 Å². The van der Waals surface area contributed by atoms with Crippen molar-refractivity contribution >= 4 is 22.5 Å². The fraction of sp³-hybridized carbons (Fsp3) is 0.200. The van der Waals surface area contributed by atoms with E-state index in [2.05, 4.69) is 40.4 Å². The van der Waals surface area contributed by atoms with E-state index in [0.29, 0.717) is 5.95 Å². The third-order valence-electron chi connectivity index (χ3n) is 5.75. The maximum absolute atomic E-state index is 9.77. The highest BCUT2D eigenvalue weighted by atomic mass is 16.3. The Kier molecular flexibility index (Phi) is 4.91. The zero-order valence-electron chi connectivity index (χ0n) is 17.0. The van der Waals surface area contributed by atoms with Crippen LogP contribution in [0, 0.1) is 0 Å². The molecule has 0 fully saturated rings. The van der Waals surface area contributed by atoms with Crippen molar-refractivity contribution in [1.82, 2.24) is 14.9 Å². The number of likely N-dealkylation sites (N-methyl/N-ethyl adjacent to an activating group) is 1. The van der Waals surface area contributed by atoms with Crippen molar-refractivity contribution in [1.29, 1.82) is 0 Å². The van der Waals surface area contributed by atoms with Gasteiger partial charge < -0.3 is 15.3 Å². The second kappa shape index (κ2) is 7.86. The van der Waals surface area contributed by atoms with Crippen LogP contribution >= 0.6 is 0 Å². The predicted octanol–water partition coefficient (Wildman–Crippen LogP) is 4.52. The number of aromatic nitrogens is 2. The van der Waals surface area contributed by atoms with E-state index in [4.69, 9.17) is 4.98 Å². The summed E-state index contributed by atoms with van der Waals surface area (Å²) in [5, 5.41) is 14.1. The van der Waals surface area contributed by atoms with Crippen LogP contribution in [0.2, 0.25) is 0 Å². The maximum Gasteiger partial charge on any atom is 0.227 e. The van der Waals surface area contributed by atoms with Crippen LogP contribution < -0.4 is 5.32 Å². The molecule has 30 heavy (non-hydrogen) atoms. The number of hydrogen-bond donors (Lipinski definition) is 2. The summed E-state index contributed by atoms with van der Waals surface area (Å²) in [5.74, 6) is 0.570. The van der Waals surface area contributed by atoms with Crippen LogP contribution in [-0.4, -0.2) is 33.6 Å². The molecule has 1 aromatic heterocycles. The summed E-state index contributed by atoms with van der Waals surface area (Å²) in [6, 6.07) is 20.5.